The van der Waals surface area contributed by atoms with Gasteiger partial charge in [-0.1, -0.05) is 13.3 Å². The molecule has 0 unspecified atom stereocenters. The Morgan fingerprint density at radius 2 is 2.03 bits per heavy atom. The molecule has 0 fully saturated rings. The SMILES string of the molecule is CCCc1cc2c(N3CCn4c(nnc4C(F)(F)F)C3)nc(Nc3nc(C(=O)OCC)cs3)nc2s1. The van der Waals surface area contributed by atoms with Crippen LogP contribution in [0.4, 0.5) is 30.1 Å². The van der Waals surface area contributed by atoms with E-state index >= 15 is 0 Å². The molecule has 0 amide bonds. The van der Waals surface area contributed by atoms with Crippen LogP contribution in [-0.4, -0.2) is 48.8 Å². The quantitative estimate of drug-likeness (QED) is 0.336. The fourth-order valence-corrected chi connectivity index (χ4v) is 5.69. The molecule has 5 heterocycles. The van der Waals surface area contributed by atoms with Crippen LogP contribution >= 0.6 is 22.7 Å². The number of aryl methyl sites for hydroxylation is 1. The van der Waals surface area contributed by atoms with Gasteiger partial charge in [-0.15, -0.1) is 32.9 Å². The molecule has 0 atom stereocenters. The van der Waals surface area contributed by atoms with E-state index in [0.717, 1.165) is 32.5 Å². The molecule has 1 aliphatic rings. The molecule has 0 radical (unpaired) electrons. The summed E-state index contributed by atoms with van der Waals surface area (Å²) in [6.07, 6.45) is -2.73. The van der Waals surface area contributed by atoms with E-state index in [1.54, 1.807) is 23.6 Å². The molecule has 0 aliphatic carbocycles. The summed E-state index contributed by atoms with van der Waals surface area (Å²) in [4.78, 5) is 29.3. The molecule has 36 heavy (non-hydrogen) atoms. The Hall–Kier alpha value is -3.33. The van der Waals surface area contributed by atoms with Crippen molar-refractivity contribution in [3.8, 4) is 0 Å². The number of anilines is 3. The number of halogens is 3. The third kappa shape index (κ3) is 4.72. The van der Waals surface area contributed by atoms with Gasteiger partial charge in [-0.05, 0) is 19.4 Å². The number of aromatic nitrogens is 6. The molecule has 0 saturated carbocycles. The van der Waals surface area contributed by atoms with Gasteiger partial charge in [-0.2, -0.15) is 18.2 Å². The summed E-state index contributed by atoms with van der Waals surface area (Å²) >= 11 is 2.76. The summed E-state index contributed by atoms with van der Waals surface area (Å²) in [6, 6.07) is 2.03. The highest BCUT2D eigenvalue weighted by atomic mass is 32.1. The number of nitrogens with one attached hydrogen (secondary N) is 1. The van der Waals surface area contributed by atoms with Gasteiger partial charge in [0.15, 0.2) is 16.6 Å². The Labute approximate surface area is 211 Å². The first-order valence-electron chi connectivity index (χ1n) is 11.2. The van der Waals surface area contributed by atoms with Crippen LogP contribution < -0.4 is 10.2 Å². The number of nitrogens with zero attached hydrogens (tertiary/aromatic N) is 7. The van der Waals surface area contributed by atoms with E-state index in [0.29, 0.717) is 17.5 Å². The van der Waals surface area contributed by atoms with Crippen molar-refractivity contribution in [1.29, 1.82) is 0 Å². The lowest BCUT2D eigenvalue weighted by Crippen LogP contribution is -2.36. The number of esters is 1. The molecular weight excluding hydrogens is 517 g/mol. The van der Waals surface area contributed by atoms with Gasteiger partial charge in [0.25, 0.3) is 0 Å². The third-order valence-electron chi connectivity index (χ3n) is 5.43. The van der Waals surface area contributed by atoms with Gasteiger partial charge < -0.3 is 14.2 Å². The van der Waals surface area contributed by atoms with Crippen molar-refractivity contribution in [2.75, 3.05) is 23.4 Å². The average molecular weight is 539 g/mol. The Balaban J connectivity index is 1.48. The summed E-state index contributed by atoms with van der Waals surface area (Å²) in [5.41, 5.74) is 0.183. The van der Waals surface area contributed by atoms with Crippen LogP contribution in [0.2, 0.25) is 0 Å². The normalized spacial score (nSPS) is 13.8. The predicted octanol–water partition coefficient (Wildman–Crippen LogP) is 4.65. The molecule has 0 spiro atoms. The lowest BCUT2D eigenvalue weighted by molar-refractivity contribution is -0.147. The highest BCUT2D eigenvalue weighted by molar-refractivity contribution is 7.18. The first-order valence-corrected chi connectivity index (χ1v) is 12.9. The van der Waals surface area contributed by atoms with Crippen molar-refractivity contribution >= 4 is 55.8 Å². The van der Waals surface area contributed by atoms with E-state index in [9.17, 15) is 18.0 Å². The summed E-state index contributed by atoms with van der Waals surface area (Å²) in [5, 5.41) is 13.0. The Kier molecular flexibility index (Phi) is 6.51. The Bertz CT molecular complexity index is 1410. The minimum atomic E-state index is -4.56. The molecule has 190 valence electrons. The molecule has 1 N–H and O–H groups in total. The minimum absolute atomic E-state index is 0.0762. The van der Waals surface area contributed by atoms with Crippen LogP contribution in [0.15, 0.2) is 11.4 Å². The van der Waals surface area contributed by atoms with Crippen LogP contribution in [0.25, 0.3) is 10.2 Å². The number of rotatable bonds is 7. The fraction of sp³-hybridized carbons (Fsp3) is 0.429. The lowest BCUT2D eigenvalue weighted by Gasteiger charge is -2.29. The van der Waals surface area contributed by atoms with Crippen LogP contribution in [0.3, 0.4) is 0 Å². The number of hydrogen-bond donors (Lipinski definition) is 1. The first kappa shape index (κ1) is 24.4. The van der Waals surface area contributed by atoms with Gasteiger partial charge in [-0.25, -0.2) is 14.8 Å². The molecular formula is C21H21F3N8O2S2. The van der Waals surface area contributed by atoms with Crippen LogP contribution in [0.5, 0.6) is 0 Å². The maximum Gasteiger partial charge on any atom is 0.451 e. The lowest BCUT2D eigenvalue weighted by atomic mass is 10.2. The van der Waals surface area contributed by atoms with Crippen molar-refractivity contribution in [2.45, 2.75) is 46.0 Å². The first-order chi connectivity index (χ1) is 17.3. The summed E-state index contributed by atoms with van der Waals surface area (Å²) < 4.78 is 45.9. The van der Waals surface area contributed by atoms with Gasteiger partial charge in [0, 0.05) is 23.3 Å². The number of ether oxygens (including phenoxy) is 1. The molecule has 4 aromatic rings. The van der Waals surface area contributed by atoms with E-state index < -0.39 is 18.0 Å². The predicted molar refractivity (Wildman–Crippen MR) is 129 cm³/mol. The van der Waals surface area contributed by atoms with Gasteiger partial charge in [-0.3, -0.25) is 5.32 Å². The highest BCUT2D eigenvalue weighted by Crippen LogP contribution is 2.36. The third-order valence-corrected chi connectivity index (χ3v) is 7.28. The molecule has 0 bridgehead atoms. The molecule has 4 aromatic heterocycles. The molecule has 1 aliphatic heterocycles. The number of fused-ring (bicyclic) bond motifs is 2. The van der Waals surface area contributed by atoms with Gasteiger partial charge >= 0.3 is 12.1 Å². The van der Waals surface area contributed by atoms with E-state index in [1.807, 2.05) is 11.0 Å². The Morgan fingerprint density at radius 1 is 1.19 bits per heavy atom. The molecule has 10 nitrogen and oxygen atoms in total. The van der Waals surface area contributed by atoms with Crippen molar-refractivity contribution in [3.05, 3.63) is 33.7 Å². The maximum atomic E-state index is 13.3. The summed E-state index contributed by atoms with van der Waals surface area (Å²) in [7, 11) is 0. The second kappa shape index (κ2) is 9.61. The average Bonchev–Trinajstić information content (AvgIpc) is 3.56. The summed E-state index contributed by atoms with van der Waals surface area (Å²) in [5.74, 6) is -0.426. The van der Waals surface area contributed by atoms with Crippen LogP contribution in [0, 0.1) is 0 Å². The topological polar surface area (TPSA) is 111 Å². The zero-order valence-corrected chi connectivity index (χ0v) is 20.9. The zero-order valence-electron chi connectivity index (χ0n) is 19.3. The molecule has 5 rings (SSSR count). The van der Waals surface area contributed by atoms with Crippen LogP contribution in [-0.2, 0) is 30.4 Å². The number of thiazole rings is 1. The van der Waals surface area contributed by atoms with Gasteiger partial charge in [0.2, 0.25) is 11.8 Å². The number of alkyl halides is 3. The molecule has 0 saturated heterocycles. The van der Waals surface area contributed by atoms with Crippen molar-refractivity contribution in [1.82, 2.24) is 29.7 Å². The Morgan fingerprint density at radius 3 is 2.78 bits per heavy atom. The van der Waals surface area contributed by atoms with E-state index in [-0.39, 0.29) is 37.2 Å². The van der Waals surface area contributed by atoms with Crippen molar-refractivity contribution in [3.63, 3.8) is 0 Å². The van der Waals surface area contributed by atoms with Crippen molar-refractivity contribution in [2.24, 2.45) is 0 Å². The number of carbonyl (C=O) groups excluding carboxylic acids is 1. The largest absolute Gasteiger partial charge is 0.461 e. The smallest absolute Gasteiger partial charge is 0.451 e. The molecule has 0 aromatic carbocycles. The second-order valence-corrected chi connectivity index (χ2v) is 9.92. The van der Waals surface area contributed by atoms with E-state index in [1.165, 1.54) is 11.3 Å². The number of thiophene rings is 1. The maximum absolute atomic E-state index is 13.3. The minimum Gasteiger partial charge on any atom is -0.461 e. The van der Waals surface area contributed by atoms with Gasteiger partial charge in [0.1, 0.15) is 10.6 Å². The second-order valence-electron chi connectivity index (χ2n) is 7.95. The number of hydrogen-bond acceptors (Lipinski definition) is 11. The standard InChI is InChI=1S/C21H21F3N8O2S2/c1-3-5-11-8-12-15(31-6-7-32-14(9-31)29-30-18(32)21(22,23)24)26-19(27-16(12)36-11)28-20-25-13(10-35-20)17(33)34-4-2/h8,10H,3-7,9H2,1-2H3,(H,25,26,27,28). The summed E-state index contributed by atoms with van der Waals surface area (Å²) in [6.45, 7) is 4.54. The number of carbonyl (C=O) groups is 1. The highest BCUT2D eigenvalue weighted by Gasteiger charge is 2.39. The molecule has 15 heteroatoms. The van der Waals surface area contributed by atoms with Crippen molar-refractivity contribution < 1.29 is 22.7 Å². The van der Waals surface area contributed by atoms with E-state index in [4.69, 9.17) is 9.72 Å². The zero-order chi connectivity index (χ0) is 25.4. The fourth-order valence-electron chi connectivity index (χ4n) is 3.90. The monoisotopic (exact) mass is 538 g/mol. The van der Waals surface area contributed by atoms with E-state index in [2.05, 4.69) is 32.4 Å². The van der Waals surface area contributed by atoms with Crippen LogP contribution in [0.1, 0.15) is 47.3 Å². The van der Waals surface area contributed by atoms with Gasteiger partial charge in [0.05, 0.1) is 18.5 Å².